The summed E-state index contributed by atoms with van der Waals surface area (Å²) < 4.78 is 0.952. The van der Waals surface area contributed by atoms with E-state index in [2.05, 4.69) is 15.9 Å². The third-order valence-electron chi connectivity index (χ3n) is 3.03. The van der Waals surface area contributed by atoms with Crippen LogP contribution in [0.1, 0.15) is 19.8 Å². The molecule has 5 heteroatoms. The number of nitrogen functional groups attached to an aromatic ring is 1. The summed E-state index contributed by atoms with van der Waals surface area (Å²) in [6.07, 6.45) is 2.27. The number of benzene rings is 1. The average molecular weight is 329 g/mol. The van der Waals surface area contributed by atoms with Crippen LogP contribution in [0.3, 0.4) is 0 Å². The number of halogens is 1. The number of hydrogen-bond donors (Lipinski definition) is 1. The van der Waals surface area contributed by atoms with Gasteiger partial charge in [0.05, 0.1) is 5.25 Å². The predicted octanol–water partition coefficient (Wildman–Crippen LogP) is 3.13. The number of anilines is 1. The number of hydrogen-bond acceptors (Lipinski definition) is 3. The van der Waals surface area contributed by atoms with Crippen molar-refractivity contribution >= 4 is 39.3 Å². The topological polar surface area (TPSA) is 46.3 Å². The van der Waals surface area contributed by atoms with Gasteiger partial charge in [0.1, 0.15) is 0 Å². The van der Waals surface area contributed by atoms with E-state index in [-0.39, 0.29) is 11.2 Å². The van der Waals surface area contributed by atoms with Crippen LogP contribution in [0.2, 0.25) is 0 Å². The molecular formula is C13H17BrN2OS. The molecule has 1 unspecified atom stereocenters. The number of carbonyl (C=O) groups excluding carboxylic acids is 1. The molecule has 1 saturated heterocycles. The van der Waals surface area contributed by atoms with E-state index < -0.39 is 0 Å². The fraction of sp³-hybridized carbons (Fsp3) is 0.462. The average Bonchev–Trinajstić information content (AvgIpc) is 2.85. The largest absolute Gasteiger partial charge is 0.399 e. The van der Waals surface area contributed by atoms with Gasteiger partial charge in [-0.25, -0.2) is 0 Å². The van der Waals surface area contributed by atoms with E-state index in [9.17, 15) is 4.79 Å². The summed E-state index contributed by atoms with van der Waals surface area (Å²) in [4.78, 5) is 15.2. The number of carbonyl (C=O) groups is 1. The Morgan fingerprint density at radius 1 is 1.44 bits per heavy atom. The molecule has 0 saturated carbocycles. The van der Waals surface area contributed by atoms with Crippen LogP contribution in [-0.2, 0) is 4.79 Å². The molecule has 2 rings (SSSR count). The van der Waals surface area contributed by atoms with Crippen LogP contribution >= 0.6 is 27.7 Å². The molecule has 0 spiro atoms. The Morgan fingerprint density at radius 2 is 2.11 bits per heavy atom. The second-order valence-electron chi connectivity index (χ2n) is 4.48. The summed E-state index contributed by atoms with van der Waals surface area (Å²) in [6, 6.07) is 5.69. The van der Waals surface area contributed by atoms with E-state index >= 15 is 0 Å². The highest BCUT2D eigenvalue weighted by Crippen LogP contribution is 2.33. The van der Waals surface area contributed by atoms with Crippen molar-refractivity contribution in [3.05, 3.63) is 22.7 Å². The van der Waals surface area contributed by atoms with E-state index in [4.69, 9.17) is 5.73 Å². The molecule has 1 heterocycles. The normalized spacial score (nSPS) is 16.9. The smallest absolute Gasteiger partial charge is 0.235 e. The molecule has 0 aromatic heterocycles. The van der Waals surface area contributed by atoms with E-state index in [0.29, 0.717) is 0 Å². The number of likely N-dealkylation sites (tertiary alicyclic amines) is 1. The molecule has 1 aliphatic heterocycles. The minimum Gasteiger partial charge on any atom is -0.399 e. The third-order valence-corrected chi connectivity index (χ3v) is 5.11. The zero-order chi connectivity index (χ0) is 13.1. The maximum absolute atomic E-state index is 12.2. The van der Waals surface area contributed by atoms with Gasteiger partial charge in [-0.2, -0.15) is 0 Å². The Balaban J connectivity index is 2.01. The quantitative estimate of drug-likeness (QED) is 0.684. The Hall–Kier alpha value is -0.680. The number of thioether (sulfide) groups is 1. The van der Waals surface area contributed by atoms with Crippen LogP contribution in [0.15, 0.2) is 27.6 Å². The van der Waals surface area contributed by atoms with Gasteiger partial charge in [-0.1, -0.05) is 0 Å². The summed E-state index contributed by atoms with van der Waals surface area (Å²) >= 11 is 5.06. The van der Waals surface area contributed by atoms with Crippen LogP contribution in [-0.4, -0.2) is 29.1 Å². The molecule has 1 fully saturated rings. The van der Waals surface area contributed by atoms with Gasteiger partial charge in [0.15, 0.2) is 0 Å². The molecule has 1 amide bonds. The first-order valence-electron chi connectivity index (χ1n) is 6.08. The first kappa shape index (κ1) is 13.7. The van der Waals surface area contributed by atoms with Crippen LogP contribution in [0.5, 0.6) is 0 Å². The van der Waals surface area contributed by atoms with E-state index in [1.807, 2.05) is 30.0 Å². The fourth-order valence-electron chi connectivity index (χ4n) is 2.05. The molecule has 18 heavy (non-hydrogen) atoms. The lowest BCUT2D eigenvalue weighted by Crippen LogP contribution is -2.34. The first-order valence-corrected chi connectivity index (χ1v) is 7.75. The van der Waals surface area contributed by atoms with Gasteiger partial charge in [0.2, 0.25) is 5.91 Å². The minimum absolute atomic E-state index is 0.0528. The van der Waals surface area contributed by atoms with Gasteiger partial charge in [-0.15, -0.1) is 11.8 Å². The number of amides is 1. The van der Waals surface area contributed by atoms with Crippen molar-refractivity contribution in [3.63, 3.8) is 0 Å². The van der Waals surface area contributed by atoms with Crippen molar-refractivity contribution in [2.75, 3.05) is 18.8 Å². The Labute approximate surface area is 120 Å². The lowest BCUT2D eigenvalue weighted by molar-refractivity contribution is -0.129. The molecule has 1 atom stereocenters. The van der Waals surface area contributed by atoms with Crippen molar-refractivity contribution in [1.29, 1.82) is 0 Å². The van der Waals surface area contributed by atoms with Crippen LogP contribution in [0, 0.1) is 0 Å². The summed E-state index contributed by atoms with van der Waals surface area (Å²) in [6.45, 7) is 3.79. The molecular weight excluding hydrogens is 312 g/mol. The highest BCUT2D eigenvalue weighted by atomic mass is 79.9. The number of nitrogens with zero attached hydrogens (tertiary/aromatic N) is 1. The molecule has 2 N–H and O–H groups in total. The van der Waals surface area contributed by atoms with Gasteiger partial charge in [-0.05, 0) is 53.9 Å². The van der Waals surface area contributed by atoms with Crippen LogP contribution < -0.4 is 5.73 Å². The number of nitrogens with two attached hydrogens (primary N) is 1. The number of rotatable bonds is 3. The summed E-state index contributed by atoms with van der Waals surface area (Å²) in [7, 11) is 0. The lowest BCUT2D eigenvalue weighted by Gasteiger charge is -2.20. The van der Waals surface area contributed by atoms with Crippen LogP contribution in [0.4, 0.5) is 5.69 Å². The summed E-state index contributed by atoms with van der Waals surface area (Å²) in [5.74, 6) is 0.237. The van der Waals surface area contributed by atoms with Crippen molar-refractivity contribution in [1.82, 2.24) is 4.90 Å². The first-order chi connectivity index (χ1) is 8.58. The standard InChI is InChI=1S/C13H17BrN2OS/c1-9(13(17)16-6-2-3-7-16)18-12-5-4-10(15)8-11(12)14/h4-5,8-9H,2-3,6-7,15H2,1H3. The zero-order valence-electron chi connectivity index (χ0n) is 10.4. The zero-order valence-corrected chi connectivity index (χ0v) is 12.8. The fourth-order valence-corrected chi connectivity index (χ4v) is 3.67. The Bertz CT molecular complexity index is 447. The molecule has 98 valence electrons. The maximum atomic E-state index is 12.2. The van der Waals surface area contributed by atoms with E-state index in [0.717, 1.165) is 41.0 Å². The predicted molar refractivity (Wildman–Crippen MR) is 79.7 cm³/mol. The third kappa shape index (κ3) is 3.20. The minimum atomic E-state index is -0.0528. The maximum Gasteiger partial charge on any atom is 0.235 e. The summed E-state index contributed by atoms with van der Waals surface area (Å²) in [5.41, 5.74) is 6.43. The molecule has 0 bridgehead atoms. The Kier molecular flexibility index (Phi) is 4.56. The van der Waals surface area contributed by atoms with Gasteiger partial charge in [0.25, 0.3) is 0 Å². The summed E-state index contributed by atoms with van der Waals surface area (Å²) in [5, 5.41) is -0.0528. The molecule has 1 aromatic carbocycles. The Morgan fingerprint density at radius 3 is 2.72 bits per heavy atom. The van der Waals surface area contributed by atoms with Gasteiger partial charge >= 0.3 is 0 Å². The second-order valence-corrected chi connectivity index (χ2v) is 6.72. The molecule has 1 aliphatic rings. The van der Waals surface area contributed by atoms with E-state index in [1.54, 1.807) is 11.8 Å². The highest BCUT2D eigenvalue weighted by molar-refractivity contribution is 9.10. The van der Waals surface area contributed by atoms with Gasteiger partial charge in [-0.3, -0.25) is 4.79 Å². The van der Waals surface area contributed by atoms with Crippen molar-refractivity contribution in [2.24, 2.45) is 0 Å². The van der Waals surface area contributed by atoms with Gasteiger partial charge < -0.3 is 10.6 Å². The molecule has 0 radical (unpaired) electrons. The highest BCUT2D eigenvalue weighted by Gasteiger charge is 2.24. The van der Waals surface area contributed by atoms with Crippen molar-refractivity contribution in [3.8, 4) is 0 Å². The lowest BCUT2D eigenvalue weighted by atomic mass is 10.3. The molecule has 0 aliphatic carbocycles. The van der Waals surface area contributed by atoms with E-state index in [1.165, 1.54) is 0 Å². The monoisotopic (exact) mass is 328 g/mol. The second kappa shape index (κ2) is 5.97. The van der Waals surface area contributed by atoms with Gasteiger partial charge in [0, 0.05) is 28.1 Å². The molecule has 1 aromatic rings. The molecule has 3 nitrogen and oxygen atoms in total. The van der Waals surface area contributed by atoms with Crippen LogP contribution in [0.25, 0.3) is 0 Å². The van der Waals surface area contributed by atoms with Crippen molar-refractivity contribution < 1.29 is 4.79 Å². The van der Waals surface area contributed by atoms with Crippen molar-refractivity contribution in [2.45, 2.75) is 29.9 Å². The SMILES string of the molecule is CC(Sc1ccc(N)cc1Br)C(=O)N1CCCC1.